The number of aliphatic hydroxyl groups excluding tert-OH is 1. The van der Waals surface area contributed by atoms with Crippen molar-refractivity contribution >= 4 is 27.7 Å². The van der Waals surface area contributed by atoms with E-state index in [1.54, 1.807) is 11.5 Å². The Morgan fingerprint density at radius 3 is 2.90 bits per heavy atom. The minimum Gasteiger partial charge on any atom is -0.389 e. The molecule has 0 radical (unpaired) electrons. The second-order valence-corrected chi connectivity index (χ2v) is 6.77. The van der Waals surface area contributed by atoms with Crippen LogP contribution in [0.5, 0.6) is 0 Å². The topological polar surface area (TPSA) is 70.9 Å². The lowest BCUT2D eigenvalue weighted by molar-refractivity contribution is 0.198. The summed E-state index contributed by atoms with van der Waals surface area (Å²) in [5.41, 5.74) is 0.700. The Kier molecular flexibility index (Phi) is 3.74. The Morgan fingerprint density at radius 2 is 2.30 bits per heavy atom. The minimum absolute atomic E-state index is 0.144. The van der Waals surface area contributed by atoms with Gasteiger partial charge in [0, 0.05) is 15.4 Å². The van der Waals surface area contributed by atoms with Crippen molar-refractivity contribution in [3.05, 3.63) is 38.7 Å². The maximum Gasteiger partial charge on any atom is 0.344 e. The second kappa shape index (κ2) is 5.38. The summed E-state index contributed by atoms with van der Waals surface area (Å²) < 4.78 is 2.58. The fraction of sp³-hybridized carbons (Fsp3) is 0.385. The van der Waals surface area contributed by atoms with Crippen LogP contribution in [0.2, 0.25) is 0 Å². The van der Waals surface area contributed by atoms with E-state index in [4.69, 9.17) is 0 Å². The van der Waals surface area contributed by atoms with Crippen LogP contribution >= 0.6 is 27.7 Å². The summed E-state index contributed by atoms with van der Waals surface area (Å²) in [5.74, 6) is 0. The Labute approximate surface area is 128 Å². The molecule has 1 aliphatic carbocycles. The Balaban J connectivity index is 1.88. The van der Waals surface area contributed by atoms with Crippen LogP contribution in [-0.2, 0) is 0 Å². The maximum atomic E-state index is 11.7. The molecule has 2 aromatic rings. The number of hydrogen-bond donors (Lipinski definition) is 2. The molecule has 20 heavy (non-hydrogen) atoms. The van der Waals surface area contributed by atoms with Crippen molar-refractivity contribution in [2.45, 2.75) is 42.0 Å². The normalized spacial score (nSPS) is 16.4. The van der Waals surface area contributed by atoms with Crippen molar-refractivity contribution in [1.82, 2.24) is 14.8 Å². The highest BCUT2D eigenvalue weighted by molar-refractivity contribution is 9.10. The van der Waals surface area contributed by atoms with E-state index in [-0.39, 0.29) is 5.69 Å². The van der Waals surface area contributed by atoms with Gasteiger partial charge in [0.05, 0.1) is 6.10 Å². The maximum absolute atomic E-state index is 11.7. The van der Waals surface area contributed by atoms with Gasteiger partial charge in [0.1, 0.15) is 0 Å². The fourth-order valence-electron chi connectivity index (χ4n) is 2.03. The molecule has 1 fully saturated rings. The predicted octanol–water partition coefficient (Wildman–Crippen LogP) is 2.87. The molecule has 1 atom stereocenters. The third kappa shape index (κ3) is 2.70. The third-order valence-electron chi connectivity index (χ3n) is 3.22. The molecule has 0 amide bonds. The largest absolute Gasteiger partial charge is 0.389 e. The Bertz CT molecular complexity index is 691. The molecule has 5 nitrogen and oxygen atoms in total. The zero-order valence-corrected chi connectivity index (χ0v) is 13.2. The lowest BCUT2D eigenvalue weighted by Gasteiger charge is -2.09. The summed E-state index contributed by atoms with van der Waals surface area (Å²) in [7, 11) is 0. The number of rotatable bonds is 4. The first-order chi connectivity index (χ1) is 9.56. The standard InChI is InChI=1S/C13H14BrN3O2S/c1-7(18)10-5-4-9(6-11(10)14)20-13-16-15-12(19)17(13)8-2-3-8/h4-8,18H,2-3H2,1H3,(H,15,19)/t7-/m0/s1. The summed E-state index contributed by atoms with van der Waals surface area (Å²) in [6.07, 6.45) is 1.56. The van der Waals surface area contributed by atoms with E-state index in [9.17, 15) is 9.90 Å². The monoisotopic (exact) mass is 355 g/mol. The smallest absolute Gasteiger partial charge is 0.344 e. The molecular formula is C13H14BrN3O2S. The summed E-state index contributed by atoms with van der Waals surface area (Å²) in [5, 5.41) is 16.9. The van der Waals surface area contributed by atoms with Crippen LogP contribution in [0, 0.1) is 0 Å². The van der Waals surface area contributed by atoms with E-state index in [0.717, 1.165) is 27.8 Å². The second-order valence-electron chi connectivity index (χ2n) is 4.87. The summed E-state index contributed by atoms with van der Waals surface area (Å²) in [6, 6.07) is 6.03. The van der Waals surface area contributed by atoms with Gasteiger partial charge in [0.15, 0.2) is 5.16 Å². The van der Waals surface area contributed by atoms with Gasteiger partial charge in [0.2, 0.25) is 0 Å². The molecule has 106 valence electrons. The number of halogens is 1. The van der Waals surface area contributed by atoms with Gasteiger partial charge in [-0.05, 0) is 49.2 Å². The minimum atomic E-state index is -0.515. The lowest BCUT2D eigenvalue weighted by Crippen LogP contribution is -2.15. The molecule has 1 heterocycles. The van der Waals surface area contributed by atoms with Gasteiger partial charge < -0.3 is 5.11 Å². The highest BCUT2D eigenvalue weighted by atomic mass is 79.9. The average Bonchev–Trinajstić information content (AvgIpc) is 3.15. The van der Waals surface area contributed by atoms with Crippen molar-refractivity contribution in [1.29, 1.82) is 0 Å². The summed E-state index contributed by atoms with van der Waals surface area (Å²) in [4.78, 5) is 12.7. The summed E-state index contributed by atoms with van der Waals surface area (Å²) >= 11 is 4.90. The first kappa shape index (κ1) is 13.9. The average molecular weight is 356 g/mol. The quantitative estimate of drug-likeness (QED) is 0.884. The van der Waals surface area contributed by atoms with Crippen molar-refractivity contribution in [2.75, 3.05) is 0 Å². The van der Waals surface area contributed by atoms with E-state index < -0.39 is 6.10 Å². The van der Waals surface area contributed by atoms with Crippen LogP contribution < -0.4 is 5.69 Å². The van der Waals surface area contributed by atoms with Gasteiger partial charge in [-0.1, -0.05) is 22.0 Å². The molecule has 0 spiro atoms. The van der Waals surface area contributed by atoms with Crippen LogP contribution in [0.4, 0.5) is 0 Å². The first-order valence-electron chi connectivity index (χ1n) is 6.38. The number of H-pyrrole nitrogens is 1. The van der Waals surface area contributed by atoms with Crippen LogP contribution in [0.15, 0.2) is 37.5 Å². The van der Waals surface area contributed by atoms with Crippen molar-refractivity contribution < 1.29 is 5.11 Å². The molecule has 0 aliphatic heterocycles. The molecule has 1 aromatic carbocycles. The van der Waals surface area contributed by atoms with E-state index in [1.807, 2.05) is 18.2 Å². The number of aromatic amines is 1. The zero-order chi connectivity index (χ0) is 14.3. The number of nitrogens with one attached hydrogen (secondary N) is 1. The molecular weight excluding hydrogens is 342 g/mol. The Hall–Kier alpha value is -1.05. The van der Waals surface area contributed by atoms with Crippen molar-refractivity contribution in [3.63, 3.8) is 0 Å². The van der Waals surface area contributed by atoms with E-state index in [0.29, 0.717) is 11.2 Å². The molecule has 1 saturated carbocycles. The number of aliphatic hydroxyl groups is 1. The fourth-order valence-corrected chi connectivity index (χ4v) is 3.84. The van der Waals surface area contributed by atoms with Crippen molar-refractivity contribution in [3.8, 4) is 0 Å². The highest BCUT2D eigenvalue weighted by Crippen LogP contribution is 2.38. The van der Waals surface area contributed by atoms with Gasteiger partial charge >= 0.3 is 5.69 Å². The summed E-state index contributed by atoms with van der Waals surface area (Å²) in [6.45, 7) is 1.73. The molecule has 7 heteroatoms. The molecule has 0 unspecified atom stereocenters. The molecule has 1 aliphatic rings. The van der Waals surface area contributed by atoms with Gasteiger partial charge in [-0.2, -0.15) is 0 Å². The van der Waals surface area contributed by atoms with Gasteiger partial charge in [-0.15, -0.1) is 5.10 Å². The number of nitrogens with zero attached hydrogens (tertiary/aromatic N) is 2. The van der Waals surface area contributed by atoms with Gasteiger partial charge in [0.25, 0.3) is 0 Å². The molecule has 3 rings (SSSR count). The van der Waals surface area contributed by atoms with Gasteiger partial charge in [-0.25, -0.2) is 9.89 Å². The number of hydrogen-bond acceptors (Lipinski definition) is 4. The van der Waals surface area contributed by atoms with Gasteiger partial charge in [-0.3, -0.25) is 4.57 Å². The predicted molar refractivity (Wildman–Crippen MR) is 80.0 cm³/mol. The molecule has 0 saturated heterocycles. The van der Waals surface area contributed by atoms with Crippen LogP contribution in [0.25, 0.3) is 0 Å². The molecule has 1 aromatic heterocycles. The van der Waals surface area contributed by atoms with E-state index in [2.05, 4.69) is 26.1 Å². The molecule has 2 N–H and O–H groups in total. The van der Waals surface area contributed by atoms with Crippen LogP contribution in [-0.4, -0.2) is 19.9 Å². The number of aromatic nitrogens is 3. The van der Waals surface area contributed by atoms with E-state index in [1.165, 1.54) is 11.8 Å². The SMILES string of the molecule is C[C@H](O)c1ccc(Sc2n[nH]c(=O)n2C2CC2)cc1Br. The van der Waals surface area contributed by atoms with Crippen LogP contribution in [0.3, 0.4) is 0 Å². The molecule has 0 bridgehead atoms. The zero-order valence-electron chi connectivity index (χ0n) is 10.8. The van der Waals surface area contributed by atoms with Crippen molar-refractivity contribution in [2.24, 2.45) is 0 Å². The van der Waals surface area contributed by atoms with E-state index >= 15 is 0 Å². The highest BCUT2D eigenvalue weighted by Gasteiger charge is 2.28. The Morgan fingerprint density at radius 1 is 1.55 bits per heavy atom. The third-order valence-corrected chi connectivity index (χ3v) is 4.86. The first-order valence-corrected chi connectivity index (χ1v) is 7.99. The number of benzene rings is 1. The lowest BCUT2D eigenvalue weighted by atomic mass is 10.1. The van der Waals surface area contributed by atoms with Crippen LogP contribution in [0.1, 0.15) is 37.5 Å².